The van der Waals surface area contributed by atoms with E-state index in [1.54, 1.807) is 12.1 Å². The number of nitrogens with one attached hydrogen (secondary N) is 1. The highest BCUT2D eigenvalue weighted by molar-refractivity contribution is 6.30. The number of hydrogen-bond donors (Lipinski definition) is 1. The van der Waals surface area contributed by atoms with E-state index in [0.717, 1.165) is 11.6 Å². The van der Waals surface area contributed by atoms with Crippen molar-refractivity contribution in [1.29, 1.82) is 0 Å². The van der Waals surface area contributed by atoms with E-state index in [2.05, 4.69) is 5.32 Å². The maximum Gasteiger partial charge on any atom is 0.255 e. The summed E-state index contributed by atoms with van der Waals surface area (Å²) in [5, 5.41) is 2.65. The molecule has 0 heterocycles. The summed E-state index contributed by atoms with van der Waals surface area (Å²) in [6.45, 7) is 0. The summed E-state index contributed by atoms with van der Waals surface area (Å²) < 4.78 is 13.3. The summed E-state index contributed by atoms with van der Waals surface area (Å²) in [5.41, 5.74) is 1.79. The Labute approximate surface area is 120 Å². The first-order chi connectivity index (χ1) is 9.10. The van der Waals surface area contributed by atoms with Crippen LogP contribution in [0.4, 0.5) is 10.1 Å². The lowest BCUT2D eigenvalue weighted by molar-refractivity contribution is 0.102. The van der Waals surface area contributed by atoms with Crippen LogP contribution in [0.1, 0.15) is 15.9 Å². The molecule has 5 heteroatoms. The van der Waals surface area contributed by atoms with Gasteiger partial charge in [-0.2, -0.15) is 0 Å². The van der Waals surface area contributed by atoms with Gasteiger partial charge in [-0.25, -0.2) is 4.39 Å². The molecule has 2 rings (SSSR count). The first-order valence-corrected chi connectivity index (χ1v) is 6.42. The zero-order chi connectivity index (χ0) is 13.8. The van der Waals surface area contributed by atoms with E-state index >= 15 is 0 Å². The minimum atomic E-state index is -0.619. The monoisotopic (exact) mass is 297 g/mol. The molecule has 0 unspecified atom stereocenters. The number of carbonyl (C=O) groups is 1. The molecule has 0 bridgehead atoms. The number of carbonyl (C=O) groups excluding carboxylic acids is 1. The highest BCUT2D eigenvalue weighted by Crippen LogP contribution is 2.17. The number of anilines is 1. The predicted octanol–water partition coefficient (Wildman–Crippen LogP) is 4.47. The lowest BCUT2D eigenvalue weighted by Crippen LogP contribution is -2.12. The number of benzene rings is 2. The number of halogens is 3. The van der Waals surface area contributed by atoms with Crippen LogP contribution in [-0.2, 0) is 5.88 Å². The second kappa shape index (κ2) is 6.04. The first kappa shape index (κ1) is 13.8. The Morgan fingerprint density at radius 2 is 1.84 bits per heavy atom. The van der Waals surface area contributed by atoms with Crippen molar-refractivity contribution in [3.05, 3.63) is 64.4 Å². The molecule has 0 saturated carbocycles. The molecule has 2 nitrogen and oxygen atoms in total. The molecule has 0 saturated heterocycles. The van der Waals surface area contributed by atoms with Gasteiger partial charge in [0.15, 0.2) is 0 Å². The molecule has 0 aliphatic heterocycles. The average molecular weight is 298 g/mol. The van der Waals surface area contributed by atoms with Gasteiger partial charge in [0, 0.05) is 17.1 Å². The minimum Gasteiger partial charge on any atom is -0.322 e. The van der Waals surface area contributed by atoms with Crippen LogP contribution in [0.5, 0.6) is 0 Å². The number of alkyl halides is 1. The third-order valence-corrected chi connectivity index (χ3v) is 3.16. The van der Waals surface area contributed by atoms with E-state index in [-0.39, 0.29) is 10.6 Å². The van der Waals surface area contributed by atoms with Gasteiger partial charge >= 0.3 is 0 Å². The Hall–Kier alpha value is -1.58. The van der Waals surface area contributed by atoms with Gasteiger partial charge in [-0.1, -0.05) is 23.7 Å². The molecule has 98 valence electrons. The van der Waals surface area contributed by atoms with Crippen molar-refractivity contribution in [3.8, 4) is 0 Å². The lowest BCUT2D eigenvalue weighted by atomic mass is 10.2. The normalized spacial score (nSPS) is 10.3. The van der Waals surface area contributed by atoms with Crippen LogP contribution in [0, 0.1) is 5.82 Å². The molecule has 19 heavy (non-hydrogen) atoms. The van der Waals surface area contributed by atoms with Crippen LogP contribution in [-0.4, -0.2) is 5.91 Å². The summed E-state index contributed by atoms with van der Waals surface area (Å²) in [4.78, 5) is 11.9. The van der Waals surface area contributed by atoms with Gasteiger partial charge in [0.05, 0.1) is 5.02 Å². The average Bonchev–Trinajstić information content (AvgIpc) is 2.42. The van der Waals surface area contributed by atoms with Crippen LogP contribution in [0.3, 0.4) is 0 Å². The fourth-order valence-electron chi connectivity index (χ4n) is 1.52. The van der Waals surface area contributed by atoms with Crippen LogP contribution in [0.25, 0.3) is 0 Å². The van der Waals surface area contributed by atoms with Crippen molar-refractivity contribution in [2.24, 2.45) is 0 Å². The van der Waals surface area contributed by atoms with Crippen LogP contribution >= 0.6 is 23.2 Å². The smallest absolute Gasteiger partial charge is 0.255 e. The largest absolute Gasteiger partial charge is 0.322 e. The van der Waals surface area contributed by atoms with E-state index in [4.69, 9.17) is 23.2 Å². The molecule has 1 amide bonds. The van der Waals surface area contributed by atoms with Gasteiger partial charge in [-0.15, -0.1) is 11.6 Å². The second-order valence-corrected chi connectivity index (χ2v) is 4.59. The SMILES string of the molecule is O=C(Nc1ccc(CCl)cc1)c1ccc(Cl)c(F)c1. The fourth-order valence-corrected chi connectivity index (χ4v) is 1.81. The van der Waals surface area contributed by atoms with Gasteiger partial charge in [0.1, 0.15) is 5.82 Å². The van der Waals surface area contributed by atoms with Crippen LogP contribution in [0.2, 0.25) is 5.02 Å². The molecule has 0 radical (unpaired) electrons. The van der Waals surface area contributed by atoms with Gasteiger partial charge in [-0.3, -0.25) is 4.79 Å². The van der Waals surface area contributed by atoms with Gasteiger partial charge < -0.3 is 5.32 Å². The van der Waals surface area contributed by atoms with Crippen molar-refractivity contribution in [1.82, 2.24) is 0 Å². The molecular formula is C14H10Cl2FNO. The summed E-state index contributed by atoms with van der Waals surface area (Å²) in [7, 11) is 0. The van der Waals surface area contributed by atoms with Gasteiger partial charge in [0.2, 0.25) is 0 Å². The highest BCUT2D eigenvalue weighted by atomic mass is 35.5. The lowest BCUT2D eigenvalue weighted by Gasteiger charge is -2.06. The second-order valence-electron chi connectivity index (χ2n) is 3.91. The van der Waals surface area contributed by atoms with E-state index in [1.807, 2.05) is 12.1 Å². The Morgan fingerprint density at radius 1 is 1.16 bits per heavy atom. The standard InChI is InChI=1S/C14H10Cl2FNO/c15-8-9-1-4-11(5-2-9)18-14(19)10-3-6-12(16)13(17)7-10/h1-7H,8H2,(H,18,19). The van der Waals surface area contributed by atoms with Gasteiger partial charge in [0.25, 0.3) is 5.91 Å². The van der Waals surface area contributed by atoms with Crippen molar-refractivity contribution in [3.63, 3.8) is 0 Å². The maximum absolute atomic E-state index is 13.3. The molecular weight excluding hydrogens is 288 g/mol. The quantitative estimate of drug-likeness (QED) is 0.832. The Kier molecular flexibility index (Phi) is 4.40. The Balaban J connectivity index is 2.13. The number of rotatable bonds is 3. The summed E-state index contributed by atoms with van der Waals surface area (Å²) in [5.74, 6) is -0.600. The molecule has 1 N–H and O–H groups in total. The third kappa shape index (κ3) is 3.46. The first-order valence-electron chi connectivity index (χ1n) is 5.51. The molecule has 0 atom stereocenters. The predicted molar refractivity (Wildman–Crippen MR) is 75.4 cm³/mol. The van der Waals surface area contributed by atoms with Crippen molar-refractivity contribution in [2.45, 2.75) is 5.88 Å². The Bertz CT molecular complexity index is 599. The molecule has 0 aliphatic rings. The summed E-state index contributed by atoms with van der Waals surface area (Å²) in [6.07, 6.45) is 0. The highest BCUT2D eigenvalue weighted by Gasteiger charge is 2.09. The van der Waals surface area contributed by atoms with E-state index in [9.17, 15) is 9.18 Å². The summed E-state index contributed by atoms with van der Waals surface area (Å²) in [6, 6.07) is 11.0. The fraction of sp³-hybridized carbons (Fsp3) is 0.0714. The zero-order valence-electron chi connectivity index (χ0n) is 9.79. The van der Waals surface area contributed by atoms with E-state index in [0.29, 0.717) is 11.6 Å². The van der Waals surface area contributed by atoms with Crippen LogP contribution < -0.4 is 5.32 Å². The minimum absolute atomic E-state index is 0.0111. The number of amides is 1. The van der Waals surface area contributed by atoms with E-state index < -0.39 is 11.7 Å². The van der Waals surface area contributed by atoms with Crippen molar-refractivity contribution in [2.75, 3.05) is 5.32 Å². The molecule has 0 aliphatic carbocycles. The van der Waals surface area contributed by atoms with Crippen LogP contribution in [0.15, 0.2) is 42.5 Å². The Morgan fingerprint density at radius 3 is 2.42 bits per heavy atom. The molecule has 0 fully saturated rings. The molecule has 2 aromatic carbocycles. The molecule has 0 aromatic heterocycles. The topological polar surface area (TPSA) is 29.1 Å². The molecule has 2 aromatic rings. The van der Waals surface area contributed by atoms with E-state index in [1.165, 1.54) is 12.1 Å². The number of hydrogen-bond acceptors (Lipinski definition) is 1. The summed E-state index contributed by atoms with van der Waals surface area (Å²) >= 11 is 11.2. The molecule has 0 spiro atoms. The van der Waals surface area contributed by atoms with Crippen molar-refractivity contribution < 1.29 is 9.18 Å². The zero-order valence-corrected chi connectivity index (χ0v) is 11.3. The van der Waals surface area contributed by atoms with Crippen molar-refractivity contribution >= 4 is 34.8 Å². The third-order valence-electron chi connectivity index (χ3n) is 2.55. The van der Waals surface area contributed by atoms with Gasteiger partial charge in [-0.05, 0) is 35.9 Å². The maximum atomic E-state index is 13.3.